The van der Waals surface area contributed by atoms with Gasteiger partial charge in [-0.2, -0.15) is 0 Å². The third kappa shape index (κ3) is 1.72. The summed E-state index contributed by atoms with van der Waals surface area (Å²) in [6.45, 7) is 8.81. The van der Waals surface area contributed by atoms with E-state index in [9.17, 15) is 0 Å². The van der Waals surface area contributed by atoms with Gasteiger partial charge in [0.25, 0.3) is 0 Å². The Labute approximate surface area is 71.4 Å². The van der Waals surface area contributed by atoms with Crippen molar-refractivity contribution >= 4 is 17.3 Å². The summed E-state index contributed by atoms with van der Waals surface area (Å²) in [7, 11) is 0. The van der Waals surface area contributed by atoms with Gasteiger partial charge in [-0.15, -0.1) is 11.6 Å². The van der Waals surface area contributed by atoms with Gasteiger partial charge in [-0.05, 0) is 12.5 Å². The highest BCUT2D eigenvalue weighted by Crippen LogP contribution is 2.21. The molecule has 0 aliphatic carbocycles. The van der Waals surface area contributed by atoms with E-state index in [1.165, 1.54) is 0 Å². The lowest BCUT2D eigenvalue weighted by Gasteiger charge is -1.99. The van der Waals surface area contributed by atoms with Crippen LogP contribution in [0, 0.1) is 13.5 Å². The summed E-state index contributed by atoms with van der Waals surface area (Å²) in [5.41, 5.74) is 2.72. The molecule has 56 valence electrons. The van der Waals surface area contributed by atoms with Crippen LogP contribution < -0.4 is 0 Å². The molecule has 11 heavy (non-hydrogen) atoms. The van der Waals surface area contributed by atoms with Crippen molar-refractivity contribution in [1.82, 2.24) is 0 Å². The minimum Gasteiger partial charge on any atom is -0.238 e. The second-order valence-corrected chi connectivity index (χ2v) is 2.64. The van der Waals surface area contributed by atoms with Gasteiger partial charge in [0.15, 0.2) is 5.69 Å². The van der Waals surface area contributed by atoms with Crippen LogP contribution in [0.4, 0.5) is 5.69 Å². The Balaban J connectivity index is 3.19. The molecule has 1 rings (SSSR count). The maximum Gasteiger partial charge on any atom is 0.191 e. The van der Waals surface area contributed by atoms with Gasteiger partial charge in [-0.1, -0.05) is 23.8 Å². The molecule has 1 aromatic rings. The van der Waals surface area contributed by atoms with Crippen LogP contribution in [0.3, 0.4) is 0 Å². The van der Waals surface area contributed by atoms with E-state index in [-0.39, 0.29) is 0 Å². The molecule has 0 amide bonds. The second kappa shape index (κ2) is 3.41. The third-order valence-corrected chi connectivity index (χ3v) is 1.79. The second-order valence-electron chi connectivity index (χ2n) is 2.38. The van der Waals surface area contributed by atoms with Gasteiger partial charge in [0.1, 0.15) is 0 Å². The van der Waals surface area contributed by atoms with Crippen molar-refractivity contribution in [3.8, 4) is 0 Å². The van der Waals surface area contributed by atoms with Crippen LogP contribution in [0.25, 0.3) is 4.85 Å². The number of hydrogen-bond acceptors (Lipinski definition) is 0. The zero-order valence-corrected chi connectivity index (χ0v) is 7.02. The first-order valence-corrected chi connectivity index (χ1v) is 3.84. The topological polar surface area (TPSA) is 4.36 Å². The molecule has 0 radical (unpaired) electrons. The van der Waals surface area contributed by atoms with Gasteiger partial charge >= 0.3 is 0 Å². The summed E-state index contributed by atoms with van der Waals surface area (Å²) in [5.74, 6) is 0.416. The van der Waals surface area contributed by atoms with Gasteiger partial charge < -0.3 is 0 Å². The Kier molecular flexibility index (Phi) is 2.51. The highest BCUT2D eigenvalue weighted by Gasteiger charge is 1.99. The quantitative estimate of drug-likeness (QED) is 0.444. The first-order chi connectivity index (χ1) is 5.27. The number of hydrogen-bond donors (Lipinski definition) is 0. The van der Waals surface area contributed by atoms with Gasteiger partial charge in [0.05, 0.1) is 6.57 Å². The van der Waals surface area contributed by atoms with Gasteiger partial charge in [0, 0.05) is 5.88 Å². The third-order valence-electron chi connectivity index (χ3n) is 1.50. The molecule has 0 saturated heterocycles. The molecule has 1 aromatic carbocycles. The van der Waals surface area contributed by atoms with E-state index in [0.29, 0.717) is 11.6 Å². The molecule has 0 aromatic heterocycles. The Morgan fingerprint density at radius 3 is 2.82 bits per heavy atom. The van der Waals surface area contributed by atoms with Crippen molar-refractivity contribution in [2.24, 2.45) is 0 Å². The molecule has 0 N–H and O–H groups in total. The first-order valence-electron chi connectivity index (χ1n) is 3.31. The van der Waals surface area contributed by atoms with Crippen molar-refractivity contribution in [2.45, 2.75) is 12.8 Å². The Morgan fingerprint density at radius 1 is 1.55 bits per heavy atom. The molecule has 0 fully saturated rings. The van der Waals surface area contributed by atoms with E-state index in [1.807, 2.05) is 19.1 Å². The van der Waals surface area contributed by atoms with E-state index in [1.54, 1.807) is 6.07 Å². The number of aryl methyl sites for hydroxylation is 1. The predicted molar refractivity (Wildman–Crippen MR) is 47.0 cm³/mol. The Morgan fingerprint density at radius 2 is 2.27 bits per heavy atom. The van der Waals surface area contributed by atoms with Gasteiger partial charge in [-0.3, -0.25) is 0 Å². The molecule has 0 unspecified atom stereocenters. The Hall–Kier alpha value is -1.00. The monoisotopic (exact) mass is 165 g/mol. The molecule has 0 spiro atoms. The minimum absolute atomic E-state index is 0.416. The molecular formula is C9H8ClN. The molecule has 0 heterocycles. The smallest absolute Gasteiger partial charge is 0.191 e. The van der Waals surface area contributed by atoms with Crippen molar-refractivity contribution in [3.05, 3.63) is 40.7 Å². The molecule has 1 nitrogen and oxygen atoms in total. The summed E-state index contributed by atoms with van der Waals surface area (Å²) in [4.78, 5) is 3.35. The zero-order chi connectivity index (χ0) is 8.27. The van der Waals surface area contributed by atoms with Gasteiger partial charge in [-0.25, -0.2) is 4.85 Å². The molecular weight excluding hydrogens is 158 g/mol. The summed E-state index contributed by atoms with van der Waals surface area (Å²) in [6, 6.07) is 5.67. The van der Waals surface area contributed by atoms with E-state index in [4.69, 9.17) is 18.2 Å². The first kappa shape index (κ1) is 8.10. The fraction of sp³-hybridized carbons (Fsp3) is 0.222. The lowest BCUT2D eigenvalue weighted by molar-refractivity contribution is 1.36. The molecule has 0 bridgehead atoms. The lowest BCUT2D eigenvalue weighted by Crippen LogP contribution is -1.79. The lowest BCUT2D eigenvalue weighted by atomic mass is 10.1. The summed E-state index contributed by atoms with van der Waals surface area (Å²) >= 11 is 5.64. The highest BCUT2D eigenvalue weighted by atomic mass is 35.5. The van der Waals surface area contributed by atoms with Crippen molar-refractivity contribution < 1.29 is 0 Å². The Bertz CT molecular complexity index is 299. The maximum absolute atomic E-state index is 6.82. The number of benzene rings is 1. The molecule has 0 atom stereocenters. The van der Waals surface area contributed by atoms with Crippen LogP contribution in [-0.2, 0) is 5.88 Å². The molecule has 0 aliphatic heterocycles. The van der Waals surface area contributed by atoms with Gasteiger partial charge in [0.2, 0.25) is 0 Å². The number of halogens is 1. The average Bonchev–Trinajstić information content (AvgIpc) is 2.04. The SMILES string of the molecule is [C-]#[N+]c1ccc(C)cc1CCl. The predicted octanol–water partition coefficient (Wildman–Crippen LogP) is 3.28. The van der Waals surface area contributed by atoms with E-state index in [2.05, 4.69) is 4.85 Å². The van der Waals surface area contributed by atoms with Crippen LogP contribution in [0.2, 0.25) is 0 Å². The van der Waals surface area contributed by atoms with E-state index >= 15 is 0 Å². The minimum atomic E-state index is 0.416. The van der Waals surface area contributed by atoms with E-state index in [0.717, 1.165) is 11.1 Å². The molecule has 2 heteroatoms. The van der Waals surface area contributed by atoms with Crippen molar-refractivity contribution in [1.29, 1.82) is 0 Å². The van der Waals surface area contributed by atoms with Crippen LogP contribution in [-0.4, -0.2) is 0 Å². The number of alkyl halides is 1. The molecule has 0 aliphatic rings. The van der Waals surface area contributed by atoms with E-state index < -0.39 is 0 Å². The normalized spacial score (nSPS) is 9.18. The fourth-order valence-electron chi connectivity index (χ4n) is 0.930. The maximum atomic E-state index is 6.82. The number of rotatable bonds is 1. The fourth-order valence-corrected chi connectivity index (χ4v) is 1.14. The van der Waals surface area contributed by atoms with Crippen LogP contribution >= 0.6 is 11.6 Å². The zero-order valence-electron chi connectivity index (χ0n) is 6.26. The summed E-state index contributed by atoms with van der Waals surface area (Å²) in [5, 5.41) is 0. The van der Waals surface area contributed by atoms with Crippen molar-refractivity contribution in [3.63, 3.8) is 0 Å². The summed E-state index contributed by atoms with van der Waals surface area (Å²) in [6.07, 6.45) is 0. The number of nitrogens with zero attached hydrogens (tertiary/aromatic N) is 1. The largest absolute Gasteiger partial charge is 0.238 e. The molecule has 0 saturated carbocycles. The van der Waals surface area contributed by atoms with Crippen LogP contribution in [0.1, 0.15) is 11.1 Å². The van der Waals surface area contributed by atoms with Crippen LogP contribution in [0.5, 0.6) is 0 Å². The summed E-state index contributed by atoms with van der Waals surface area (Å²) < 4.78 is 0. The van der Waals surface area contributed by atoms with Crippen LogP contribution in [0.15, 0.2) is 18.2 Å². The average molecular weight is 166 g/mol. The highest BCUT2D eigenvalue weighted by molar-refractivity contribution is 6.17. The standard InChI is InChI=1S/C9H8ClN/c1-7-3-4-9(11-2)8(5-7)6-10/h3-5H,6H2,1H3. The van der Waals surface area contributed by atoms with Crippen molar-refractivity contribution in [2.75, 3.05) is 0 Å².